The Kier molecular flexibility index (Phi) is 5.62. The number of carbonyl (C=O) groups excluding carboxylic acids is 1. The van der Waals surface area contributed by atoms with Crippen LogP contribution < -0.4 is 0 Å². The second-order valence-electron chi connectivity index (χ2n) is 7.44. The minimum atomic E-state index is -1.33. The van der Waals surface area contributed by atoms with Gasteiger partial charge < -0.3 is 23.7 Å². The fourth-order valence-corrected chi connectivity index (χ4v) is 3.56. The van der Waals surface area contributed by atoms with Crippen molar-refractivity contribution in [2.75, 3.05) is 13.2 Å². The summed E-state index contributed by atoms with van der Waals surface area (Å²) >= 11 is 0. The Hall–Kier alpha value is -0.530. The summed E-state index contributed by atoms with van der Waals surface area (Å²) in [5.74, 6) is -2.36. The fourth-order valence-electron chi connectivity index (χ4n) is 3.56. The lowest BCUT2D eigenvalue weighted by Crippen LogP contribution is -2.58. The normalized spacial score (nSPS) is 38.0. The molecule has 3 saturated heterocycles. The summed E-state index contributed by atoms with van der Waals surface area (Å²) in [6.07, 6.45) is 6.89. The van der Waals surface area contributed by atoms with Crippen LogP contribution in [0.25, 0.3) is 0 Å². The maximum atomic E-state index is 12.8. The number of ether oxygens (including phenoxy) is 5. The van der Waals surface area contributed by atoms with Gasteiger partial charge in [-0.1, -0.05) is 39.0 Å². The van der Waals surface area contributed by atoms with Crippen LogP contribution in [0.3, 0.4) is 0 Å². The molecule has 0 bridgehead atoms. The molecule has 4 atom stereocenters. The number of ketones is 1. The molecule has 6 nitrogen and oxygen atoms in total. The van der Waals surface area contributed by atoms with E-state index in [1.54, 1.807) is 13.8 Å². The van der Waals surface area contributed by atoms with Gasteiger partial charge in [-0.3, -0.25) is 4.79 Å². The number of carbonyl (C=O) groups is 1. The zero-order valence-electron chi connectivity index (χ0n) is 15.0. The maximum absolute atomic E-state index is 12.8. The highest BCUT2D eigenvalue weighted by molar-refractivity contribution is 5.92. The highest BCUT2D eigenvalue weighted by Gasteiger charge is 2.61. The Balaban J connectivity index is 1.47. The third-order valence-electron chi connectivity index (χ3n) is 4.89. The van der Waals surface area contributed by atoms with Crippen molar-refractivity contribution in [2.45, 2.75) is 95.8 Å². The van der Waals surface area contributed by atoms with E-state index in [9.17, 15) is 4.79 Å². The van der Waals surface area contributed by atoms with Crippen molar-refractivity contribution in [2.24, 2.45) is 0 Å². The van der Waals surface area contributed by atoms with Crippen molar-refractivity contribution in [3.05, 3.63) is 0 Å². The van der Waals surface area contributed by atoms with Gasteiger partial charge in [-0.15, -0.1) is 0 Å². The summed E-state index contributed by atoms with van der Waals surface area (Å²) in [5, 5.41) is 0. The number of unbranched alkanes of at least 4 members (excludes halogenated alkanes) is 5. The quantitative estimate of drug-likeness (QED) is 0.663. The van der Waals surface area contributed by atoms with Crippen LogP contribution in [0, 0.1) is 0 Å². The van der Waals surface area contributed by atoms with Gasteiger partial charge in [0.2, 0.25) is 5.78 Å². The van der Waals surface area contributed by atoms with Gasteiger partial charge in [-0.25, -0.2) is 0 Å². The summed E-state index contributed by atoms with van der Waals surface area (Å²) in [5.41, 5.74) is 0. The average molecular weight is 342 g/mol. The van der Waals surface area contributed by atoms with Gasteiger partial charge >= 0.3 is 0 Å². The van der Waals surface area contributed by atoms with Gasteiger partial charge in [-0.2, -0.15) is 0 Å². The molecule has 0 aromatic heterocycles. The lowest BCUT2D eigenvalue weighted by molar-refractivity contribution is -0.263. The molecule has 3 fully saturated rings. The van der Waals surface area contributed by atoms with Crippen molar-refractivity contribution in [1.29, 1.82) is 0 Å². The summed E-state index contributed by atoms with van der Waals surface area (Å²) in [6.45, 7) is 6.17. The van der Waals surface area contributed by atoms with Crippen LogP contribution >= 0.6 is 0 Å². The molecule has 6 heteroatoms. The van der Waals surface area contributed by atoms with Crippen molar-refractivity contribution in [1.82, 2.24) is 0 Å². The first-order valence-electron chi connectivity index (χ1n) is 9.29. The maximum Gasteiger partial charge on any atom is 0.258 e. The third kappa shape index (κ3) is 3.83. The van der Waals surface area contributed by atoms with E-state index in [1.165, 1.54) is 32.1 Å². The average Bonchev–Trinajstić information content (AvgIpc) is 3.09. The van der Waals surface area contributed by atoms with E-state index in [0.717, 1.165) is 12.8 Å². The number of hydrogen-bond acceptors (Lipinski definition) is 6. The van der Waals surface area contributed by atoms with E-state index < -0.39 is 17.7 Å². The number of Topliss-reactive ketones (excluding diaryl/α,β-unsaturated/α-hetero) is 1. The van der Waals surface area contributed by atoms with Gasteiger partial charge in [0.1, 0.15) is 12.7 Å². The van der Waals surface area contributed by atoms with Crippen LogP contribution in [0.2, 0.25) is 0 Å². The van der Waals surface area contributed by atoms with Crippen LogP contribution in [0.4, 0.5) is 0 Å². The smallest absolute Gasteiger partial charge is 0.258 e. The number of hydrogen-bond donors (Lipinski definition) is 0. The van der Waals surface area contributed by atoms with E-state index in [-0.39, 0.29) is 24.8 Å². The largest absolute Gasteiger partial charge is 0.344 e. The molecule has 4 unspecified atom stereocenters. The second-order valence-corrected chi connectivity index (χ2v) is 7.44. The Bertz CT molecular complexity index is 451. The zero-order valence-corrected chi connectivity index (χ0v) is 15.0. The Labute approximate surface area is 144 Å². The van der Waals surface area contributed by atoms with Crippen molar-refractivity contribution in [3.63, 3.8) is 0 Å². The molecule has 0 amide bonds. The molecule has 24 heavy (non-hydrogen) atoms. The molecule has 138 valence electrons. The minimum Gasteiger partial charge on any atom is -0.344 e. The molecule has 0 aromatic rings. The van der Waals surface area contributed by atoms with E-state index in [0.29, 0.717) is 6.61 Å². The van der Waals surface area contributed by atoms with Crippen molar-refractivity contribution >= 4 is 5.78 Å². The molecule has 0 N–H and O–H groups in total. The Morgan fingerprint density at radius 2 is 1.79 bits per heavy atom. The second kappa shape index (κ2) is 7.38. The molecule has 0 aromatic carbocycles. The third-order valence-corrected chi connectivity index (χ3v) is 4.89. The van der Waals surface area contributed by atoms with Crippen LogP contribution in [0.15, 0.2) is 0 Å². The first-order chi connectivity index (χ1) is 11.5. The number of fused-ring (bicyclic) bond motifs is 1. The SMILES string of the molecule is CCCCCCCCC1OC2COC3(COC(C)(C)O3)C(=O)C2O1. The predicted octanol–water partition coefficient (Wildman–Crippen LogP) is 2.93. The lowest BCUT2D eigenvalue weighted by Gasteiger charge is -2.35. The summed E-state index contributed by atoms with van der Waals surface area (Å²) in [6, 6.07) is 0. The van der Waals surface area contributed by atoms with Crippen molar-refractivity contribution < 1.29 is 28.5 Å². The summed E-state index contributed by atoms with van der Waals surface area (Å²) in [4.78, 5) is 12.8. The summed E-state index contributed by atoms with van der Waals surface area (Å²) in [7, 11) is 0. The van der Waals surface area contributed by atoms with Gasteiger partial charge in [-0.05, 0) is 26.7 Å². The van der Waals surface area contributed by atoms with Crippen molar-refractivity contribution in [3.8, 4) is 0 Å². The van der Waals surface area contributed by atoms with Gasteiger partial charge in [0.25, 0.3) is 5.79 Å². The molecular weight excluding hydrogens is 312 g/mol. The van der Waals surface area contributed by atoms with E-state index in [2.05, 4.69) is 6.92 Å². The van der Waals surface area contributed by atoms with E-state index in [4.69, 9.17) is 23.7 Å². The molecular formula is C18H30O6. The molecule has 0 radical (unpaired) electrons. The van der Waals surface area contributed by atoms with Gasteiger partial charge in [0.15, 0.2) is 18.2 Å². The molecule has 3 aliphatic heterocycles. The molecule has 3 rings (SSSR count). The van der Waals surface area contributed by atoms with Gasteiger partial charge in [0, 0.05) is 0 Å². The Morgan fingerprint density at radius 1 is 1.04 bits per heavy atom. The zero-order chi connectivity index (χ0) is 17.2. The van der Waals surface area contributed by atoms with Gasteiger partial charge in [0.05, 0.1) is 6.61 Å². The predicted molar refractivity (Wildman–Crippen MR) is 86.3 cm³/mol. The molecule has 0 saturated carbocycles. The fraction of sp³-hybridized carbons (Fsp3) is 0.944. The first kappa shape index (κ1) is 18.3. The summed E-state index contributed by atoms with van der Waals surface area (Å²) < 4.78 is 28.7. The standard InChI is InChI=1S/C18H30O6/c1-4-5-6-7-8-9-10-14-22-13-11-20-18(16(19)15(13)23-14)12-21-17(2,3)24-18/h13-15H,4-12H2,1-3H3. The monoisotopic (exact) mass is 342 g/mol. The van der Waals surface area contributed by atoms with Crippen LogP contribution in [-0.4, -0.2) is 49.1 Å². The minimum absolute atomic E-state index is 0.105. The lowest BCUT2D eigenvalue weighted by atomic mass is 9.99. The number of rotatable bonds is 7. The highest BCUT2D eigenvalue weighted by Crippen LogP contribution is 2.40. The highest BCUT2D eigenvalue weighted by atomic mass is 16.8. The van der Waals surface area contributed by atoms with Crippen LogP contribution in [-0.2, 0) is 28.5 Å². The topological polar surface area (TPSA) is 63.2 Å². The van der Waals surface area contributed by atoms with Crippen LogP contribution in [0.1, 0.15) is 65.7 Å². The first-order valence-corrected chi connectivity index (χ1v) is 9.29. The molecule has 1 spiro atoms. The molecule has 3 heterocycles. The van der Waals surface area contributed by atoms with E-state index in [1.807, 2.05) is 0 Å². The molecule has 0 aliphatic carbocycles. The molecule has 3 aliphatic rings. The Morgan fingerprint density at radius 3 is 2.50 bits per heavy atom. The van der Waals surface area contributed by atoms with Crippen LogP contribution in [0.5, 0.6) is 0 Å². The van der Waals surface area contributed by atoms with E-state index >= 15 is 0 Å².